The Kier molecular flexibility index (Phi) is 5.60. The predicted molar refractivity (Wildman–Crippen MR) is 92.8 cm³/mol. The molecule has 1 saturated carbocycles. The van der Waals surface area contributed by atoms with Crippen LogP contribution < -0.4 is 9.64 Å². The molecule has 0 unspecified atom stereocenters. The van der Waals surface area contributed by atoms with E-state index in [1.165, 1.54) is 63.8 Å². The number of piperazine rings is 1. The lowest BCUT2D eigenvalue weighted by molar-refractivity contribution is 0.221. The first-order chi connectivity index (χ1) is 10.9. The van der Waals surface area contributed by atoms with Gasteiger partial charge >= 0.3 is 0 Å². The summed E-state index contributed by atoms with van der Waals surface area (Å²) >= 11 is 0. The average molecular weight is 302 g/mol. The van der Waals surface area contributed by atoms with Gasteiger partial charge in [-0.2, -0.15) is 0 Å². The van der Waals surface area contributed by atoms with Crippen LogP contribution in [-0.2, 0) is 0 Å². The fraction of sp³-hybridized carbons (Fsp3) is 0.684. The average Bonchev–Trinajstić information content (AvgIpc) is 2.61. The summed E-state index contributed by atoms with van der Waals surface area (Å²) < 4.78 is 5.50. The second kappa shape index (κ2) is 7.87. The van der Waals surface area contributed by atoms with Crippen LogP contribution in [0.5, 0.6) is 5.75 Å². The molecular formula is C19H30N2O. The van der Waals surface area contributed by atoms with Gasteiger partial charge in [0.25, 0.3) is 0 Å². The zero-order valence-corrected chi connectivity index (χ0v) is 14.0. The van der Waals surface area contributed by atoms with Crippen molar-refractivity contribution in [2.24, 2.45) is 5.92 Å². The van der Waals surface area contributed by atoms with Gasteiger partial charge in [0.2, 0.25) is 0 Å². The Hall–Kier alpha value is -1.22. The summed E-state index contributed by atoms with van der Waals surface area (Å²) in [6.45, 7) is 5.90. The number of rotatable bonds is 5. The van der Waals surface area contributed by atoms with Crippen molar-refractivity contribution in [3.8, 4) is 5.75 Å². The van der Waals surface area contributed by atoms with Crippen molar-refractivity contribution in [3.05, 3.63) is 24.3 Å². The van der Waals surface area contributed by atoms with Crippen molar-refractivity contribution >= 4 is 5.69 Å². The maximum Gasteiger partial charge on any atom is 0.142 e. The summed E-state index contributed by atoms with van der Waals surface area (Å²) in [7, 11) is 1.76. The summed E-state index contributed by atoms with van der Waals surface area (Å²) in [6, 6.07) is 8.39. The molecule has 22 heavy (non-hydrogen) atoms. The molecule has 0 bridgehead atoms. The first-order valence-electron chi connectivity index (χ1n) is 8.97. The molecule has 1 heterocycles. The van der Waals surface area contributed by atoms with Crippen LogP contribution in [0.1, 0.15) is 38.5 Å². The van der Waals surface area contributed by atoms with E-state index in [4.69, 9.17) is 4.74 Å². The minimum absolute atomic E-state index is 0.998. The molecule has 2 aliphatic rings. The van der Waals surface area contributed by atoms with Gasteiger partial charge in [-0.1, -0.05) is 44.2 Å². The summed E-state index contributed by atoms with van der Waals surface area (Å²) in [5, 5.41) is 0. The summed E-state index contributed by atoms with van der Waals surface area (Å²) in [5.74, 6) is 2.00. The SMILES string of the molecule is COc1ccccc1N1CCN(CCC2CCCCC2)CC1. The topological polar surface area (TPSA) is 15.7 Å². The first kappa shape index (κ1) is 15.7. The van der Waals surface area contributed by atoms with Crippen molar-refractivity contribution in [3.63, 3.8) is 0 Å². The lowest BCUT2D eigenvalue weighted by Crippen LogP contribution is -2.47. The summed E-state index contributed by atoms with van der Waals surface area (Å²) in [5.41, 5.74) is 1.25. The minimum atomic E-state index is 0.998. The van der Waals surface area contributed by atoms with Gasteiger partial charge in [-0.05, 0) is 31.0 Å². The highest BCUT2D eigenvalue weighted by atomic mass is 16.5. The van der Waals surface area contributed by atoms with Gasteiger partial charge in [-0.15, -0.1) is 0 Å². The standard InChI is InChI=1S/C19H30N2O/c1-22-19-10-6-5-9-18(19)21-15-13-20(14-16-21)12-11-17-7-3-2-4-8-17/h5-6,9-10,17H,2-4,7-8,11-16H2,1H3. The number of methoxy groups -OCH3 is 1. The number of hydrogen-bond donors (Lipinski definition) is 0. The molecule has 2 fully saturated rings. The Morgan fingerprint density at radius 3 is 2.45 bits per heavy atom. The minimum Gasteiger partial charge on any atom is -0.495 e. The number of benzene rings is 1. The molecule has 3 rings (SSSR count). The predicted octanol–water partition coefficient (Wildman–Crippen LogP) is 3.79. The Morgan fingerprint density at radius 1 is 1.00 bits per heavy atom. The number of hydrogen-bond acceptors (Lipinski definition) is 3. The van der Waals surface area contributed by atoms with Crippen molar-refractivity contribution in [1.29, 1.82) is 0 Å². The third-order valence-electron chi connectivity index (χ3n) is 5.38. The second-order valence-corrected chi connectivity index (χ2v) is 6.79. The Morgan fingerprint density at radius 2 is 1.73 bits per heavy atom. The van der Waals surface area contributed by atoms with Crippen LogP contribution in [-0.4, -0.2) is 44.7 Å². The Labute approximate surface area is 135 Å². The van der Waals surface area contributed by atoms with Crippen molar-refractivity contribution < 1.29 is 4.74 Å². The highest BCUT2D eigenvalue weighted by Gasteiger charge is 2.20. The smallest absolute Gasteiger partial charge is 0.142 e. The van der Waals surface area contributed by atoms with Crippen LogP contribution in [0.2, 0.25) is 0 Å². The Balaban J connectivity index is 1.45. The highest BCUT2D eigenvalue weighted by Crippen LogP contribution is 2.29. The van der Waals surface area contributed by atoms with E-state index in [1.807, 2.05) is 6.07 Å². The van der Waals surface area contributed by atoms with E-state index in [1.54, 1.807) is 7.11 Å². The van der Waals surface area contributed by atoms with E-state index < -0.39 is 0 Å². The van der Waals surface area contributed by atoms with Crippen molar-refractivity contribution in [1.82, 2.24) is 4.90 Å². The molecule has 1 saturated heterocycles. The van der Waals surface area contributed by atoms with E-state index in [0.717, 1.165) is 24.8 Å². The van der Waals surface area contributed by atoms with Crippen LogP contribution in [0.4, 0.5) is 5.69 Å². The first-order valence-corrected chi connectivity index (χ1v) is 8.97. The lowest BCUT2D eigenvalue weighted by atomic mass is 9.87. The quantitative estimate of drug-likeness (QED) is 0.823. The van der Waals surface area contributed by atoms with Gasteiger partial charge in [0.15, 0.2) is 0 Å². The molecule has 0 amide bonds. The van der Waals surface area contributed by atoms with E-state index in [9.17, 15) is 0 Å². The maximum absolute atomic E-state index is 5.50. The van der Waals surface area contributed by atoms with E-state index in [-0.39, 0.29) is 0 Å². The van der Waals surface area contributed by atoms with Crippen LogP contribution in [0.3, 0.4) is 0 Å². The van der Waals surface area contributed by atoms with Gasteiger partial charge < -0.3 is 9.64 Å². The van der Waals surface area contributed by atoms with Gasteiger partial charge in [-0.25, -0.2) is 0 Å². The fourth-order valence-electron chi connectivity index (χ4n) is 3.94. The molecule has 1 aromatic rings. The van der Waals surface area contributed by atoms with Crippen molar-refractivity contribution in [2.45, 2.75) is 38.5 Å². The third kappa shape index (κ3) is 3.95. The molecule has 0 radical (unpaired) electrons. The van der Waals surface area contributed by atoms with Crippen LogP contribution in [0.25, 0.3) is 0 Å². The molecule has 3 nitrogen and oxygen atoms in total. The molecule has 1 aliphatic carbocycles. The van der Waals surface area contributed by atoms with E-state index in [0.29, 0.717) is 0 Å². The normalized spacial score (nSPS) is 21.0. The monoisotopic (exact) mass is 302 g/mol. The largest absolute Gasteiger partial charge is 0.495 e. The molecular weight excluding hydrogens is 272 g/mol. The molecule has 1 aliphatic heterocycles. The van der Waals surface area contributed by atoms with Gasteiger partial charge in [0.1, 0.15) is 5.75 Å². The zero-order valence-electron chi connectivity index (χ0n) is 14.0. The molecule has 122 valence electrons. The maximum atomic E-state index is 5.50. The molecule has 0 N–H and O–H groups in total. The number of nitrogens with zero attached hydrogens (tertiary/aromatic N) is 2. The molecule has 0 spiro atoms. The van der Waals surface area contributed by atoms with Crippen molar-refractivity contribution in [2.75, 3.05) is 44.7 Å². The number of anilines is 1. The number of para-hydroxylation sites is 2. The summed E-state index contributed by atoms with van der Waals surface area (Å²) in [4.78, 5) is 5.12. The highest BCUT2D eigenvalue weighted by molar-refractivity contribution is 5.58. The van der Waals surface area contributed by atoms with Crippen LogP contribution >= 0.6 is 0 Å². The number of ether oxygens (including phenoxy) is 1. The van der Waals surface area contributed by atoms with Gasteiger partial charge in [0, 0.05) is 26.2 Å². The molecule has 0 aromatic heterocycles. The van der Waals surface area contributed by atoms with Gasteiger partial charge in [0.05, 0.1) is 12.8 Å². The van der Waals surface area contributed by atoms with Gasteiger partial charge in [-0.3, -0.25) is 4.90 Å². The van der Waals surface area contributed by atoms with E-state index >= 15 is 0 Å². The lowest BCUT2D eigenvalue weighted by Gasteiger charge is -2.37. The van der Waals surface area contributed by atoms with Crippen LogP contribution in [0, 0.1) is 5.92 Å². The second-order valence-electron chi connectivity index (χ2n) is 6.79. The third-order valence-corrected chi connectivity index (χ3v) is 5.38. The zero-order chi connectivity index (χ0) is 15.2. The van der Waals surface area contributed by atoms with E-state index in [2.05, 4.69) is 28.0 Å². The fourth-order valence-corrected chi connectivity index (χ4v) is 3.94. The summed E-state index contributed by atoms with van der Waals surface area (Å²) in [6.07, 6.45) is 8.75. The van der Waals surface area contributed by atoms with Crippen LogP contribution in [0.15, 0.2) is 24.3 Å². The molecule has 0 atom stereocenters. The Bertz CT molecular complexity index is 449. The molecule has 3 heteroatoms. The molecule has 1 aromatic carbocycles.